The lowest BCUT2D eigenvalue weighted by molar-refractivity contribution is -0.0493. The van der Waals surface area contributed by atoms with E-state index in [9.17, 15) is 22.0 Å². The molecule has 122 valence electrons. The van der Waals surface area contributed by atoms with Crippen LogP contribution in [0, 0.1) is 0 Å². The second kappa shape index (κ2) is 6.74. The number of para-hydroxylation sites is 2. The van der Waals surface area contributed by atoms with Crippen molar-refractivity contribution >= 4 is 21.4 Å². The zero-order valence-corrected chi connectivity index (χ0v) is 12.8. The number of halogens is 2. The van der Waals surface area contributed by atoms with Gasteiger partial charge in [0.15, 0.2) is 9.84 Å². The molecule has 2 aromatic rings. The first kappa shape index (κ1) is 16.9. The number of anilines is 1. The van der Waals surface area contributed by atoms with Crippen LogP contribution in [-0.4, -0.2) is 27.2 Å². The van der Waals surface area contributed by atoms with Gasteiger partial charge in [0, 0.05) is 11.8 Å². The molecule has 0 aromatic heterocycles. The van der Waals surface area contributed by atoms with Gasteiger partial charge in [0.25, 0.3) is 5.91 Å². The van der Waals surface area contributed by atoms with Crippen LogP contribution in [0.4, 0.5) is 14.5 Å². The van der Waals surface area contributed by atoms with Crippen LogP contribution in [0.25, 0.3) is 0 Å². The first-order valence-corrected chi connectivity index (χ1v) is 8.32. The SMILES string of the molecule is CS(=O)(=O)c1ccc(C(=O)Nc2ccccc2OC(F)F)cc1. The summed E-state index contributed by atoms with van der Waals surface area (Å²) in [5, 5.41) is 2.44. The maximum absolute atomic E-state index is 12.3. The maximum atomic E-state index is 12.3. The number of benzene rings is 2. The molecule has 0 aliphatic heterocycles. The highest BCUT2D eigenvalue weighted by atomic mass is 32.2. The highest BCUT2D eigenvalue weighted by Crippen LogP contribution is 2.26. The van der Waals surface area contributed by atoms with Gasteiger partial charge in [-0.25, -0.2) is 8.42 Å². The highest BCUT2D eigenvalue weighted by molar-refractivity contribution is 7.90. The van der Waals surface area contributed by atoms with Crippen LogP contribution in [-0.2, 0) is 9.84 Å². The third-order valence-corrected chi connectivity index (χ3v) is 4.02. The zero-order chi connectivity index (χ0) is 17.0. The van der Waals surface area contributed by atoms with E-state index in [-0.39, 0.29) is 21.9 Å². The number of carbonyl (C=O) groups excluding carboxylic acids is 1. The molecule has 0 saturated carbocycles. The van der Waals surface area contributed by atoms with Gasteiger partial charge < -0.3 is 10.1 Å². The second-order valence-corrected chi connectivity index (χ2v) is 6.64. The van der Waals surface area contributed by atoms with Gasteiger partial charge in [-0.1, -0.05) is 12.1 Å². The van der Waals surface area contributed by atoms with Crippen molar-refractivity contribution in [3.63, 3.8) is 0 Å². The second-order valence-electron chi connectivity index (χ2n) is 4.63. The molecule has 2 aromatic carbocycles. The van der Waals surface area contributed by atoms with Gasteiger partial charge >= 0.3 is 6.61 Å². The first-order chi connectivity index (χ1) is 10.8. The molecule has 0 unspecified atom stereocenters. The van der Waals surface area contributed by atoms with E-state index in [1.54, 1.807) is 6.07 Å². The third kappa shape index (κ3) is 4.49. The van der Waals surface area contributed by atoms with E-state index in [1.165, 1.54) is 42.5 Å². The van der Waals surface area contributed by atoms with Crippen molar-refractivity contribution in [3.05, 3.63) is 54.1 Å². The lowest BCUT2D eigenvalue weighted by Gasteiger charge is -2.11. The summed E-state index contributed by atoms with van der Waals surface area (Å²) in [6.07, 6.45) is 1.06. The summed E-state index contributed by atoms with van der Waals surface area (Å²) in [6, 6.07) is 11.0. The Balaban J connectivity index is 2.20. The Morgan fingerprint density at radius 2 is 1.70 bits per heavy atom. The Morgan fingerprint density at radius 3 is 2.26 bits per heavy atom. The topological polar surface area (TPSA) is 72.5 Å². The highest BCUT2D eigenvalue weighted by Gasteiger charge is 2.14. The fraction of sp³-hybridized carbons (Fsp3) is 0.133. The smallest absolute Gasteiger partial charge is 0.387 e. The molecule has 5 nitrogen and oxygen atoms in total. The van der Waals surface area contributed by atoms with E-state index >= 15 is 0 Å². The zero-order valence-electron chi connectivity index (χ0n) is 12.0. The summed E-state index contributed by atoms with van der Waals surface area (Å²) in [5.41, 5.74) is 0.272. The molecule has 0 saturated heterocycles. The summed E-state index contributed by atoms with van der Waals surface area (Å²) in [7, 11) is -3.36. The minimum atomic E-state index is -3.36. The lowest BCUT2D eigenvalue weighted by atomic mass is 10.2. The Hall–Kier alpha value is -2.48. The molecule has 1 N–H and O–H groups in total. The van der Waals surface area contributed by atoms with Crippen LogP contribution in [0.1, 0.15) is 10.4 Å². The number of amides is 1. The number of hydrogen-bond donors (Lipinski definition) is 1. The molecule has 0 fully saturated rings. The van der Waals surface area contributed by atoms with Crippen LogP contribution in [0.15, 0.2) is 53.4 Å². The molecule has 23 heavy (non-hydrogen) atoms. The van der Waals surface area contributed by atoms with Crippen LogP contribution in [0.3, 0.4) is 0 Å². The average molecular weight is 341 g/mol. The van der Waals surface area contributed by atoms with Crippen molar-refractivity contribution in [3.8, 4) is 5.75 Å². The third-order valence-electron chi connectivity index (χ3n) is 2.90. The van der Waals surface area contributed by atoms with Crippen LogP contribution >= 0.6 is 0 Å². The molecule has 2 rings (SSSR count). The van der Waals surface area contributed by atoms with Crippen molar-refractivity contribution in [2.45, 2.75) is 11.5 Å². The van der Waals surface area contributed by atoms with E-state index in [0.717, 1.165) is 6.26 Å². The Kier molecular flexibility index (Phi) is 4.95. The summed E-state index contributed by atoms with van der Waals surface area (Å²) in [6.45, 7) is -3.01. The van der Waals surface area contributed by atoms with Crippen molar-refractivity contribution < 1.29 is 26.7 Å². The minimum Gasteiger partial charge on any atom is -0.433 e. The van der Waals surface area contributed by atoms with Crippen molar-refractivity contribution in [2.75, 3.05) is 11.6 Å². The van der Waals surface area contributed by atoms with Crippen LogP contribution in [0.5, 0.6) is 5.75 Å². The number of rotatable bonds is 5. The molecule has 8 heteroatoms. The van der Waals surface area contributed by atoms with Crippen molar-refractivity contribution in [2.24, 2.45) is 0 Å². The molecule has 0 radical (unpaired) electrons. The van der Waals surface area contributed by atoms with Gasteiger partial charge in [-0.15, -0.1) is 0 Å². The molecule has 0 spiro atoms. The fourth-order valence-corrected chi connectivity index (χ4v) is 2.45. The minimum absolute atomic E-state index is 0.0792. The molecule has 0 aliphatic carbocycles. The Bertz CT molecular complexity index is 804. The molecule has 0 heterocycles. The standard InChI is InChI=1S/C15H13F2NO4S/c1-23(20,21)11-8-6-10(7-9-11)14(19)18-12-4-2-3-5-13(12)22-15(16)17/h2-9,15H,1H3,(H,18,19). The van der Waals surface area contributed by atoms with Crippen LogP contribution < -0.4 is 10.1 Å². The number of sulfone groups is 1. The summed E-state index contributed by atoms with van der Waals surface area (Å²) < 4.78 is 51.7. The molecule has 0 aliphatic rings. The molecular weight excluding hydrogens is 328 g/mol. The van der Waals surface area contributed by atoms with Gasteiger partial charge in [-0.05, 0) is 36.4 Å². The number of hydrogen-bond acceptors (Lipinski definition) is 4. The molecule has 0 atom stereocenters. The van der Waals surface area contributed by atoms with E-state index in [2.05, 4.69) is 10.1 Å². The first-order valence-electron chi connectivity index (χ1n) is 6.42. The molecule has 0 bridgehead atoms. The van der Waals surface area contributed by atoms with E-state index in [1.807, 2.05) is 0 Å². The summed E-state index contributed by atoms with van der Waals surface area (Å²) in [4.78, 5) is 12.2. The fourth-order valence-electron chi connectivity index (χ4n) is 1.82. The van der Waals surface area contributed by atoms with E-state index in [4.69, 9.17) is 0 Å². The number of alkyl halides is 2. The summed E-state index contributed by atoms with van der Waals surface area (Å²) >= 11 is 0. The number of ether oxygens (including phenoxy) is 1. The monoisotopic (exact) mass is 341 g/mol. The Labute approximate surface area is 131 Å². The quantitative estimate of drug-likeness (QED) is 0.907. The normalized spacial score (nSPS) is 11.3. The van der Waals surface area contributed by atoms with Gasteiger partial charge in [-0.2, -0.15) is 8.78 Å². The van der Waals surface area contributed by atoms with Crippen molar-refractivity contribution in [1.82, 2.24) is 0 Å². The largest absolute Gasteiger partial charge is 0.433 e. The van der Waals surface area contributed by atoms with Gasteiger partial charge in [0.2, 0.25) is 0 Å². The lowest BCUT2D eigenvalue weighted by Crippen LogP contribution is -2.14. The van der Waals surface area contributed by atoms with E-state index < -0.39 is 22.4 Å². The number of carbonyl (C=O) groups is 1. The van der Waals surface area contributed by atoms with Crippen molar-refractivity contribution in [1.29, 1.82) is 0 Å². The van der Waals surface area contributed by atoms with E-state index in [0.29, 0.717) is 0 Å². The molecule has 1 amide bonds. The summed E-state index contributed by atoms with van der Waals surface area (Å²) in [5.74, 6) is -0.737. The van der Waals surface area contributed by atoms with Gasteiger partial charge in [-0.3, -0.25) is 4.79 Å². The predicted octanol–water partition coefficient (Wildman–Crippen LogP) is 2.94. The molecular formula is C15H13F2NO4S. The average Bonchev–Trinajstić information content (AvgIpc) is 2.48. The van der Waals surface area contributed by atoms with Gasteiger partial charge in [0.1, 0.15) is 5.75 Å². The van der Waals surface area contributed by atoms with Crippen LogP contribution in [0.2, 0.25) is 0 Å². The van der Waals surface area contributed by atoms with Gasteiger partial charge in [0.05, 0.1) is 10.6 Å². The number of nitrogens with one attached hydrogen (secondary N) is 1. The predicted molar refractivity (Wildman–Crippen MR) is 80.6 cm³/mol. The maximum Gasteiger partial charge on any atom is 0.387 e. The Morgan fingerprint density at radius 1 is 1.09 bits per heavy atom.